The molecule has 1 nitrogen and oxygen atoms in total. The van der Waals surface area contributed by atoms with Crippen molar-refractivity contribution in [3.05, 3.63) is 246 Å². The largest absolute Gasteiger partial charge is 0.310 e. The Morgan fingerprint density at radius 3 is 1.21 bits per heavy atom. The molecule has 0 atom stereocenters. The zero-order chi connectivity index (χ0) is 43.3. The lowest BCUT2D eigenvalue weighted by Gasteiger charge is -2.54. The van der Waals surface area contributed by atoms with Gasteiger partial charge in [0, 0.05) is 17.1 Å². The molecule has 15 rings (SSSR count). The first-order chi connectivity index (χ1) is 32.7. The molecule has 9 aromatic carbocycles. The molecule has 9 aromatic rings. The van der Waals surface area contributed by atoms with Gasteiger partial charge in [-0.2, -0.15) is 0 Å². The van der Waals surface area contributed by atoms with Crippen molar-refractivity contribution >= 4 is 17.1 Å². The van der Waals surface area contributed by atoms with Gasteiger partial charge in [0.25, 0.3) is 0 Å². The Morgan fingerprint density at radius 1 is 0.303 bits per heavy atom. The Kier molecular flexibility index (Phi) is 8.60. The molecule has 66 heavy (non-hydrogen) atoms. The summed E-state index contributed by atoms with van der Waals surface area (Å²) in [6.07, 6.45) is 7.23. The van der Waals surface area contributed by atoms with Crippen LogP contribution in [0, 0.1) is 23.7 Å². The number of hydrogen-bond acceptors (Lipinski definition) is 1. The smallest absolute Gasteiger partial charge is 0.0726 e. The fourth-order valence-corrected chi connectivity index (χ4v) is 14.3. The van der Waals surface area contributed by atoms with Crippen LogP contribution in [0.4, 0.5) is 17.1 Å². The van der Waals surface area contributed by atoms with Gasteiger partial charge in [-0.05, 0) is 182 Å². The summed E-state index contributed by atoms with van der Waals surface area (Å²) in [5, 5.41) is 0. The fraction of sp³-hybridized carbons (Fsp3) is 0.169. The normalized spacial score (nSPS) is 21.0. The summed E-state index contributed by atoms with van der Waals surface area (Å²) in [6, 6.07) is 82.5. The highest BCUT2D eigenvalue weighted by atomic mass is 15.1. The third-order valence-electron chi connectivity index (χ3n) is 16.7. The van der Waals surface area contributed by atoms with Crippen molar-refractivity contribution in [1.29, 1.82) is 0 Å². The Hall–Kier alpha value is -7.22. The first kappa shape index (κ1) is 38.1. The summed E-state index contributed by atoms with van der Waals surface area (Å²) in [6.45, 7) is 0. The molecule has 0 aliphatic heterocycles. The van der Waals surface area contributed by atoms with Gasteiger partial charge in [0.1, 0.15) is 0 Å². The van der Waals surface area contributed by atoms with Gasteiger partial charge in [0.05, 0.1) is 5.41 Å². The van der Waals surface area contributed by atoms with Crippen molar-refractivity contribution in [1.82, 2.24) is 0 Å². The molecule has 0 unspecified atom stereocenters. The minimum absolute atomic E-state index is 0.409. The van der Waals surface area contributed by atoms with E-state index in [2.05, 4.69) is 223 Å². The molecule has 1 heteroatoms. The average Bonchev–Trinajstić information content (AvgIpc) is 3.84. The average molecular weight is 846 g/mol. The highest BCUT2D eigenvalue weighted by Gasteiger charge is 2.52. The highest BCUT2D eigenvalue weighted by Crippen LogP contribution is 2.64. The number of fused-ring (bicyclic) bond motifs is 10. The number of nitrogens with zero attached hydrogens (tertiary/aromatic N) is 1. The van der Waals surface area contributed by atoms with Gasteiger partial charge in [-0.15, -0.1) is 0 Å². The van der Waals surface area contributed by atoms with Crippen molar-refractivity contribution in [3.8, 4) is 55.6 Å². The van der Waals surface area contributed by atoms with Gasteiger partial charge in [0.15, 0.2) is 0 Å². The van der Waals surface area contributed by atoms with Crippen molar-refractivity contribution in [3.63, 3.8) is 0 Å². The SMILES string of the molecule is c1ccc(-c2ccccc2-c2ccccc2-c2ccc(N(c3ccc(C4C5CC6CC(C5)CC4C6)cc3)c3ccc4c(c3)C3(c5ccccc5-c5ccccc53)c3ccccc3-4)cc2)cc1. The van der Waals surface area contributed by atoms with Gasteiger partial charge in [-0.1, -0.05) is 182 Å². The third-order valence-corrected chi connectivity index (χ3v) is 16.7. The number of anilines is 3. The Bertz CT molecular complexity index is 3230. The topological polar surface area (TPSA) is 3.24 Å². The van der Waals surface area contributed by atoms with E-state index in [-0.39, 0.29) is 0 Å². The summed E-state index contributed by atoms with van der Waals surface area (Å²) in [5.41, 5.74) is 22.9. The number of rotatable bonds is 7. The first-order valence-electron chi connectivity index (χ1n) is 24.4. The molecule has 316 valence electrons. The summed E-state index contributed by atoms with van der Waals surface area (Å²) < 4.78 is 0. The molecule has 1 spiro atoms. The fourth-order valence-electron chi connectivity index (χ4n) is 14.3. The van der Waals surface area contributed by atoms with Gasteiger partial charge >= 0.3 is 0 Å². The van der Waals surface area contributed by atoms with Crippen LogP contribution in [0.25, 0.3) is 55.6 Å². The van der Waals surface area contributed by atoms with Crippen LogP contribution in [0.1, 0.15) is 65.8 Å². The first-order valence-corrected chi connectivity index (χ1v) is 24.4. The van der Waals surface area contributed by atoms with E-state index in [0.717, 1.165) is 29.4 Å². The van der Waals surface area contributed by atoms with Crippen LogP contribution in [-0.4, -0.2) is 0 Å². The molecular formula is C65H51N. The second kappa shape index (κ2) is 14.9. The van der Waals surface area contributed by atoms with E-state index >= 15 is 0 Å². The van der Waals surface area contributed by atoms with Crippen molar-refractivity contribution in [2.24, 2.45) is 23.7 Å². The maximum atomic E-state index is 2.53. The molecule has 0 radical (unpaired) electrons. The van der Waals surface area contributed by atoms with E-state index in [0.29, 0.717) is 5.92 Å². The summed E-state index contributed by atoms with van der Waals surface area (Å²) >= 11 is 0. The van der Waals surface area contributed by atoms with Crippen LogP contribution in [-0.2, 0) is 5.41 Å². The summed E-state index contributed by atoms with van der Waals surface area (Å²) in [7, 11) is 0. The maximum absolute atomic E-state index is 2.53. The molecule has 6 aliphatic carbocycles. The molecule has 0 heterocycles. The Labute approximate surface area is 389 Å². The molecular weight excluding hydrogens is 795 g/mol. The second-order valence-corrected chi connectivity index (χ2v) is 20.0. The molecule has 0 aromatic heterocycles. The second-order valence-electron chi connectivity index (χ2n) is 20.0. The summed E-state index contributed by atoms with van der Waals surface area (Å²) in [5.74, 6) is 4.35. The highest BCUT2D eigenvalue weighted by molar-refractivity contribution is 5.97. The lowest BCUT2D eigenvalue weighted by Crippen LogP contribution is -2.43. The van der Waals surface area contributed by atoms with Crippen LogP contribution in [0.3, 0.4) is 0 Å². The molecule has 4 saturated carbocycles. The van der Waals surface area contributed by atoms with E-state index in [4.69, 9.17) is 0 Å². The predicted molar refractivity (Wildman–Crippen MR) is 274 cm³/mol. The minimum Gasteiger partial charge on any atom is -0.310 e. The van der Waals surface area contributed by atoms with Crippen molar-refractivity contribution in [2.75, 3.05) is 4.90 Å². The van der Waals surface area contributed by atoms with Crippen molar-refractivity contribution in [2.45, 2.75) is 43.4 Å². The zero-order valence-corrected chi connectivity index (χ0v) is 37.2. The van der Waals surface area contributed by atoms with E-state index in [1.165, 1.54) is 121 Å². The van der Waals surface area contributed by atoms with Gasteiger partial charge < -0.3 is 4.90 Å². The molecule has 4 fully saturated rings. The Balaban J connectivity index is 0.915. The zero-order valence-electron chi connectivity index (χ0n) is 37.2. The lowest BCUT2D eigenvalue weighted by molar-refractivity contribution is -0.00277. The van der Waals surface area contributed by atoms with E-state index in [1.807, 2.05) is 0 Å². The van der Waals surface area contributed by atoms with Gasteiger partial charge in [-0.3, -0.25) is 0 Å². The summed E-state index contributed by atoms with van der Waals surface area (Å²) in [4.78, 5) is 2.52. The molecule has 0 saturated heterocycles. The quantitative estimate of drug-likeness (QED) is 0.154. The third kappa shape index (κ3) is 5.65. The van der Waals surface area contributed by atoms with Crippen LogP contribution in [0.2, 0.25) is 0 Å². The van der Waals surface area contributed by atoms with E-state index in [1.54, 1.807) is 5.56 Å². The van der Waals surface area contributed by atoms with E-state index < -0.39 is 5.41 Å². The lowest BCUT2D eigenvalue weighted by atomic mass is 9.51. The van der Waals surface area contributed by atoms with E-state index in [9.17, 15) is 0 Å². The number of hydrogen-bond donors (Lipinski definition) is 0. The van der Waals surface area contributed by atoms with Crippen molar-refractivity contribution < 1.29 is 0 Å². The Morgan fingerprint density at radius 2 is 0.697 bits per heavy atom. The molecule has 0 N–H and O–H groups in total. The minimum atomic E-state index is -0.409. The molecule has 0 amide bonds. The molecule has 4 bridgehead atoms. The van der Waals surface area contributed by atoms with Gasteiger partial charge in [0.2, 0.25) is 0 Å². The maximum Gasteiger partial charge on any atom is 0.0726 e. The predicted octanol–water partition coefficient (Wildman–Crippen LogP) is 17.0. The van der Waals surface area contributed by atoms with Crippen LogP contribution < -0.4 is 4.90 Å². The standard InChI is InChI=1S/C65H51N/c1-2-14-44(15-3-1)52-16-4-6-18-54(52)55-19-7-5-17-53(55)45-26-30-49(31-27-45)66(50-32-28-46(29-33-50)64-47-37-42-36-43(39-47)40-48(64)38-42)51-34-35-59-58-22-10-13-25-62(58)65(63(59)41-51)60-23-11-8-20-56(60)57-21-9-12-24-61(57)65/h1-35,41-43,47-48,64H,36-40H2. The number of benzene rings is 9. The van der Waals surface area contributed by atoms with Crippen LogP contribution in [0.5, 0.6) is 0 Å². The van der Waals surface area contributed by atoms with Crippen LogP contribution in [0.15, 0.2) is 218 Å². The van der Waals surface area contributed by atoms with Gasteiger partial charge in [-0.25, -0.2) is 0 Å². The monoisotopic (exact) mass is 845 g/mol. The van der Waals surface area contributed by atoms with Crippen LogP contribution >= 0.6 is 0 Å². The molecule has 6 aliphatic rings.